The van der Waals surface area contributed by atoms with Gasteiger partial charge in [-0.15, -0.1) is 0 Å². The van der Waals surface area contributed by atoms with Gasteiger partial charge in [-0.3, -0.25) is 0 Å². The fourth-order valence-electron chi connectivity index (χ4n) is 3.68. The average Bonchev–Trinajstić information content (AvgIpc) is 2.70. The van der Waals surface area contributed by atoms with E-state index in [0.29, 0.717) is 25.7 Å². The number of sulfone groups is 1. The second-order valence-corrected chi connectivity index (χ2v) is 9.59. The summed E-state index contributed by atoms with van der Waals surface area (Å²) >= 11 is 0. The molecule has 0 aromatic heterocycles. The maximum Gasteiger partial charge on any atom is 0.315 e. The lowest BCUT2D eigenvalue weighted by molar-refractivity contribution is 0.0275. The third-order valence-corrected chi connectivity index (χ3v) is 6.91. The van der Waals surface area contributed by atoms with Gasteiger partial charge in [-0.05, 0) is 38.5 Å². The van der Waals surface area contributed by atoms with Gasteiger partial charge in [-0.1, -0.05) is 25.7 Å². The summed E-state index contributed by atoms with van der Waals surface area (Å²) in [6.45, 7) is 0.289. The summed E-state index contributed by atoms with van der Waals surface area (Å²) in [5, 5.41) is 16.0. The molecule has 6 nitrogen and oxygen atoms in total. The molecular weight excluding hydrogens is 316 g/mol. The topological polar surface area (TPSA) is 95.5 Å². The fourth-order valence-corrected chi connectivity index (χ4v) is 4.81. The zero-order valence-electron chi connectivity index (χ0n) is 14.0. The van der Waals surface area contributed by atoms with Crippen molar-refractivity contribution in [3.05, 3.63) is 0 Å². The smallest absolute Gasteiger partial charge is 0.315 e. The maximum absolute atomic E-state index is 12.0. The second-order valence-electron chi connectivity index (χ2n) is 7.27. The lowest BCUT2D eigenvalue weighted by Gasteiger charge is -2.30. The summed E-state index contributed by atoms with van der Waals surface area (Å²) in [6.07, 6.45) is 9.68. The highest BCUT2D eigenvalue weighted by Gasteiger charge is 2.30. The van der Waals surface area contributed by atoms with Crippen LogP contribution in [0.3, 0.4) is 0 Å². The largest absolute Gasteiger partial charge is 0.388 e. The van der Waals surface area contributed by atoms with Crippen molar-refractivity contribution in [3.8, 4) is 0 Å². The minimum atomic E-state index is -2.98. The van der Waals surface area contributed by atoms with E-state index in [0.717, 1.165) is 38.5 Å². The van der Waals surface area contributed by atoms with E-state index in [1.54, 1.807) is 0 Å². The van der Waals surface area contributed by atoms with Gasteiger partial charge in [0.05, 0.1) is 10.9 Å². The Bertz CT molecular complexity index is 490. The van der Waals surface area contributed by atoms with Gasteiger partial charge in [0, 0.05) is 18.8 Å². The van der Waals surface area contributed by atoms with Crippen LogP contribution in [0.5, 0.6) is 0 Å². The molecule has 2 saturated carbocycles. The number of hydrogen-bond donors (Lipinski definition) is 3. The molecule has 2 rings (SSSR count). The van der Waals surface area contributed by atoms with Crippen molar-refractivity contribution in [1.29, 1.82) is 0 Å². The van der Waals surface area contributed by atoms with Crippen molar-refractivity contribution >= 4 is 15.9 Å². The van der Waals surface area contributed by atoms with Gasteiger partial charge >= 0.3 is 6.03 Å². The van der Waals surface area contributed by atoms with Crippen LogP contribution in [0.25, 0.3) is 0 Å². The second kappa shape index (κ2) is 7.83. The first kappa shape index (κ1) is 18.5. The van der Waals surface area contributed by atoms with E-state index in [1.165, 1.54) is 6.26 Å². The van der Waals surface area contributed by atoms with Crippen molar-refractivity contribution in [2.24, 2.45) is 0 Å². The molecule has 0 bridgehead atoms. The minimum absolute atomic E-state index is 0.0248. The first-order valence-electron chi connectivity index (χ1n) is 8.74. The first-order chi connectivity index (χ1) is 10.8. The zero-order chi connectivity index (χ0) is 16.9. The van der Waals surface area contributed by atoms with Crippen molar-refractivity contribution in [3.63, 3.8) is 0 Å². The Labute approximate surface area is 139 Å². The van der Waals surface area contributed by atoms with Gasteiger partial charge in [-0.2, -0.15) is 0 Å². The molecule has 2 aliphatic rings. The van der Waals surface area contributed by atoms with Gasteiger partial charge < -0.3 is 15.7 Å². The minimum Gasteiger partial charge on any atom is -0.388 e. The van der Waals surface area contributed by atoms with Crippen LogP contribution in [0.2, 0.25) is 0 Å². The SMILES string of the molecule is CS(=O)(=O)C1CCC(NC(=O)NCC2(O)CCCCCC2)CC1. The molecular formula is C16H30N2O4S. The van der Waals surface area contributed by atoms with Crippen molar-refractivity contribution < 1.29 is 18.3 Å². The first-order valence-corrected chi connectivity index (χ1v) is 10.7. The molecule has 0 saturated heterocycles. The summed E-state index contributed by atoms with van der Waals surface area (Å²) in [6, 6.07) is -0.234. The molecule has 0 radical (unpaired) electrons. The molecule has 0 heterocycles. The monoisotopic (exact) mass is 346 g/mol. The van der Waals surface area contributed by atoms with Crippen LogP contribution >= 0.6 is 0 Å². The summed E-state index contributed by atoms with van der Waals surface area (Å²) in [5.74, 6) is 0. The van der Waals surface area contributed by atoms with Gasteiger partial charge in [-0.25, -0.2) is 13.2 Å². The Morgan fingerprint density at radius 1 is 1.09 bits per heavy atom. The number of carbonyl (C=O) groups excluding carboxylic acids is 1. The Balaban J connectivity index is 1.71. The maximum atomic E-state index is 12.0. The van der Waals surface area contributed by atoms with E-state index in [9.17, 15) is 18.3 Å². The Hall–Kier alpha value is -0.820. The third kappa shape index (κ3) is 5.95. The molecule has 0 aliphatic heterocycles. The highest BCUT2D eigenvalue weighted by molar-refractivity contribution is 7.91. The summed E-state index contributed by atoms with van der Waals surface area (Å²) in [4.78, 5) is 12.0. The van der Waals surface area contributed by atoms with Crippen LogP contribution in [0.4, 0.5) is 4.79 Å². The van der Waals surface area contributed by atoms with Crippen LogP contribution in [-0.4, -0.2) is 49.2 Å². The molecule has 0 spiro atoms. The van der Waals surface area contributed by atoms with Crippen LogP contribution < -0.4 is 10.6 Å². The van der Waals surface area contributed by atoms with E-state index >= 15 is 0 Å². The lowest BCUT2D eigenvalue weighted by atomic mass is 9.94. The van der Waals surface area contributed by atoms with E-state index < -0.39 is 15.4 Å². The molecule has 0 aromatic rings. The molecule has 7 heteroatoms. The summed E-state index contributed by atoms with van der Waals surface area (Å²) < 4.78 is 23.1. The number of rotatable bonds is 4. The van der Waals surface area contributed by atoms with Gasteiger partial charge in [0.25, 0.3) is 0 Å². The Kier molecular flexibility index (Phi) is 6.31. The molecule has 0 aromatic carbocycles. The fraction of sp³-hybridized carbons (Fsp3) is 0.938. The summed E-state index contributed by atoms with van der Waals surface area (Å²) in [5.41, 5.74) is -0.776. The molecule has 3 N–H and O–H groups in total. The van der Waals surface area contributed by atoms with E-state index in [-0.39, 0.29) is 23.9 Å². The van der Waals surface area contributed by atoms with Gasteiger partial charge in [0.15, 0.2) is 0 Å². The zero-order valence-corrected chi connectivity index (χ0v) is 14.8. The van der Waals surface area contributed by atoms with Gasteiger partial charge in [0.2, 0.25) is 0 Å². The number of carbonyl (C=O) groups is 1. The van der Waals surface area contributed by atoms with Gasteiger partial charge in [0.1, 0.15) is 9.84 Å². The summed E-state index contributed by atoms with van der Waals surface area (Å²) in [7, 11) is -2.98. The number of hydrogen-bond acceptors (Lipinski definition) is 4. The third-order valence-electron chi connectivity index (χ3n) is 5.23. The van der Waals surface area contributed by atoms with E-state index in [2.05, 4.69) is 10.6 Å². The predicted molar refractivity (Wildman–Crippen MR) is 90.1 cm³/mol. The molecule has 2 fully saturated rings. The lowest BCUT2D eigenvalue weighted by Crippen LogP contribution is -2.49. The number of amides is 2. The van der Waals surface area contributed by atoms with Crippen molar-refractivity contribution in [2.75, 3.05) is 12.8 Å². The molecule has 134 valence electrons. The van der Waals surface area contributed by atoms with Crippen LogP contribution in [-0.2, 0) is 9.84 Å². The predicted octanol–water partition coefficient (Wildman–Crippen LogP) is 1.73. The van der Waals surface area contributed by atoms with Crippen molar-refractivity contribution in [2.45, 2.75) is 81.1 Å². The standard InChI is InChI=1S/C16H30N2O4S/c1-23(21,22)14-8-6-13(7-9-14)18-15(19)17-12-16(20)10-4-2-3-5-11-16/h13-14,20H,2-12H2,1H3,(H2,17,18,19). The quantitative estimate of drug-likeness (QED) is 0.676. The highest BCUT2D eigenvalue weighted by atomic mass is 32.2. The Morgan fingerprint density at radius 2 is 1.65 bits per heavy atom. The number of urea groups is 1. The average molecular weight is 346 g/mol. The number of aliphatic hydroxyl groups is 1. The van der Waals surface area contributed by atoms with Crippen molar-refractivity contribution in [1.82, 2.24) is 10.6 Å². The van der Waals surface area contributed by atoms with E-state index in [1.807, 2.05) is 0 Å². The molecule has 2 amide bonds. The highest BCUT2D eigenvalue weighted by Crippen LogP contribution is 2.26. The van der Waals surface area contributed by atoms with Crippen LogP contribution in [0, 0.1) is 0 Å². The van der Waals surface area contributed by atoms with Crippen LogP contribution in [0.1, 0.15) is 64.2 Å². The van der Waals surface area contributed by atoms with E-state index in [4.69, 9.17) is 0 Å². The normalized spacial score (nSPS) is 28.6. The van der Waals surface area contributed by atoms with Crippen LogP contribution in [0.15, 0.2) is 0 Å². The molecule has 0 atom stereocenters. The number of nitrogens with one attached hydrogen (secondary N) is 2. The Morgan fingerprint density at radius 3 is 2.17 bits per heavy atom. The molecule has 2 aliphatic carbocycles. The molecule has 23 heavy (non-hydrogen) atoms. The molecule has 0 unspecified atom stereocenters.